The van der Waals surface area contributed by atoms with Gasteiger partial charge in [-0.15, -0.1) is 11.8 Å². The molecule has 0 atom stereocenters. The van der Waals surface area contributed by atoms with Gasteiger partial charge in [0.25, 0.3) is 5.91 Å². The molecule has 0 aliphatic rings. The van der Waals surface area contributed by atoms with Gasteiger partial charge in [-0.25, -0.2) is 5.48 Å². The fourth-order valence-electron chi connectivity index (χ4n) is 0.712. The maximum Gasteiger partial charge on any atom is 0.253 e. The summed E-state index contributed by atoms with van der Waals surface area (Å²) < 4.78 is 0. The average Bonchev–Trinajstić information content (AvgIpc) is 2.30. The molecule has 0 spiro atoms. The van der Waals surface area contributed by atoms with Crippen LogP contribution in [0.25, 0.3) is 0 Å². The van der Waals surface area contributed by atoms with Crippen molar-refractivity contribution in [3.05, 3.63) is 29.3 Å². The number of nitrogens with one attached hydrogen (secondary N) is 1. The average molecular weight is 248 g/mol. The molecule has 0 aliphatic carbocycles. The summed E-state index contributed by atoms with van der Waals surface area (Å²) in [4.78, 5) is 11.6. The van der Waals surface area contributed by atoms with Gasteiger partial charge >= 0.3 is 0 Å². The van der Waals surface area contributed by atoms with E-state index in [2.05, 4.69) is 0 Å². The second-order valence-corrected chi connectivity index (χ2v) is 3.76. The van der Waals surface area contributed by atoms with Crippen LogP contribution in [-0.2, 0) is 4.79 Å². The van der Waals surface area contributed by atoms with Crippen molar-refractivity contribution in [2.75, 3.05) is 5.75 Å². The van der Waals surface area contributed by atoms with E-state index in [4.69, 9.17) is 16.8 Å². The molecule has 0 unspecified atom stereocenters. The zero-order chi connectivity index (χ0) is 11.7. The highest BCUT2D eigenvalue weighted by Gasteiger charge is 2.00. The molecule has 0 aromatic heterocycles. The molecule has 1 amide bonds. The van der Waals surface area contributed by atoms with Crippen LogP contribution in [0.2, 0.25) is 5.02 Å². The molecular formula is C10H14ClNO2S. The van der Waals surface area contributed by atoms with Crippen LogP contribution in [-0.4, -0.2) is 16.9 Å². The highest BCUT2D eigenvalue weighted by molar-refractivity contribution is 8.00. The smallest absolute Gasteiger partial charge is 0.253 e. The van der Waals surface area contributed by atoms with Gasteiger partial charge in [0.05, 0.1) is 5.75 Å². The molecule has 84 valence electrons. The highest BCUT2D eigenvalue weighted by atomic mass is 35.5. The summed E-state index contributed by atoms with van der Waals surface area (Å²) in [7, 11) is 0. The van der Waals surface area contributed by atoms with Crippen molar-refractivity contribution in [3.8, 4) is 0 Å². The number of carbonyl (C=O) groups is 1. The van der Waals surface area contributed by atoms with E-state index >= 15 is 0 Å². The molecule has 0 aliphatic heterocycles. The Hall–Kier alpha value is -0.710. The van der Waals surface area contributed by atoms with Crippen LogP contribution in [0.15, 0.2) is 29.2 Å². The third-order valence-electron chi connectivity index (χ3n) is 1.31. The summed E-state index contributed by atoms with van der Waals surface area (Å²) >= 11 is 7.00. The van der Waals surface area contributed by atoms with Crippen molar-refractivity contribution >= 4 is 29.3 Å². The van der Waals surface area contributed by atoms with Crippen molar-refractivity contribution in [2.45, 2.75) is 18.7 Å². The van der Waals surface area contributed by atoms with Gasteiger partial charge in [-0.05, 0) is 24.3 Å². The van der Waals surface area contributed by atoms with Crippen LogP contribution in [0.5, 0.6) is 0 Å². The minimum Gasteiger partial charge on any atom is -0.289 e. The summed E-state index contributed by atoms with van der Waals surface area (Å²) in [6.07, 6.45) is 0. The lowest BCUT2D eigenvalue weighted by Crippen LogP contribution is -2.20. The lowest BCUT2D eigenvalue weighted by atomic mass is 10.4. The van der Waals surface area contributed by atoms with Crippen molar-refractivity contribution < 1.29 is 10.0 Å². The van der Waals surface area contributed by atoms with Gasteiger partial charge < -0.3 is 0 Å². The maximum absolute atomic E-state index is 10.6. The van der Waals surface area contributed by atoms with E-state index < -0.39 is 5.91 Å². The van der Waals surface area contributed by atoms with Gasteiger partial charge in [-0.1, -0.05) is 25.4 Å². The second kappa shape index (κ2) is 8.59. The van der Waals surface area contributed by atoms with Gasteiger partial charge in [0.2, 0.25) is 0 Å². The Morgan fingerprint density at radius 2 is 1.93 bits per heavy atom. The maximum atomic E-state index is 10.6. The van der Waals surface area contributed by atoms with E-state index in [9.17, 15) is 4.79 Å². The van der Waals surface area contributed by atoms with E-state index in [0.717, 1.165) is 4.90 Å². The number of hydrogen-bond acceptors (Lipinski definition) is 3. The molecule has 1 rings (SSSR count). The Morgan fingerprint density at radius 3 is 2.40 bits per heavy atom. The summed E-state index contributed by atoms with van der Waals surface area (Å²) in [6.45, 7) is 4.00. The summed E-state index contributed by atoms with van der Waals surface area (Å²) in [6, 6.07) is 7.14. The summed E-state index contributed by atoms with van der Waals surface area (Å²) in [5.41, 5.74) is 1.56. The molecule has 0 saturated carbocycles. The predicted molar refractivity (Wildman–Crippen MR) is 63.5 cm³/mol. The summed E-state index contributed by atoms with van der Waals surface area (Å²) in [5, 5.41) is 8.89. The molecule has 15 heavy (non-hydrogen) atoms. The topological polar surface area (TPSA) is 49.3 Å². The molecule has 5 heteroatoms. The van der Waals surface area contributed by atoms with Gasteiger partial charge in [0.1, 0.15) is 0 Å². The van der Waals surface area contributed by atoms with Crippen molar-refractivity contribution in [3.63, 3.8) is 0 Å². The summed E-state index contributed by atoms with van der Waals surface area (Å²) in [5.74, 6) is -0.224. The first-order valence-electron chi connectivity index (χ1n) is 4.53. The van der Waals surface area contributed by atoms with Gasteiger partial charge in [-0.3, -0.25) is 10.0 Å². The SMILES string of the molecule is CC.O=C(CSc1ccc(Cl)cc1)NO. The number of hydroxylamine groups is 1. The first-order chi connectivity index (χ1) is 7.22. The number of rotatable bonds is 3. The van der Waals surface area contributed by atoms with E-state index in [1.165, 1.54) is 11.8 Å². The van der Waals surface area contributed by atoms with Crippen molar-refractivity contribution in [2.24, 2.45) is 0 Å². The molecule has 2 N–H and O–H groups in total. The zero-order valence-corrected chi connectivity index (χ0v) is 10.2. The normalized spacial score (nSPS) is 8.80. The number of thioether (sulfide) groups is 1. The van der Waals surface area contributed by atoms with E-state index in [1.807, 2.05) is 26.0 Å². The highest BCUT2D eigenvalue weighted by Crippen LogP contribution is 2.19. The monoisotopic (exact) mass is 247 g/mol. The fraction of sp³-hybridized carbons (Fsp3) is 0.300. The lowest BCUT2D eigenvalue weighted by Gasteiger charge is -1.99. The quantitative estimate of drug-likeness (QED) is 0.491. The van der Waals surface area contributed by atoms with Crippen LogP contribution in [0, 0.1) is 0 Å². The van der Waals surface area contributed by atoms with Crippen molar-refractivity contribution in [1.29, 1.82) is 0 Å². The Bertz CT molecular complexity index is 290. The Balaban J connectivity index is 0.000000921. The molecule has 1 aromatic rings. The molecule has 0 fully saturated rings. The minimum atomic E-state index is -0.417. The third kappa shape index (κ3) is 6.38. The number of halogens is 1. The number of carbonyl (C=O) groups excluding carboxylic acids is 1. The molecule has 1 aromatic carbocycles. The van der Waals surface area contributed by atoms with Gasteiger partial charge in [-0.2, -0.15) is 0 Å². The van der Waals surface area contributed by atoms with E-state index in [1.54, 1.807) is 17.6 Å². The van der Waals surface area contributed by atoms with E-state index in [-0.39, 0.29) is 5.75 Å². The van der Waals surface area contributed by atoms with Crippen LogP contribution >= 0.6 is 23.4 Å². The predicted octanol–water partition coefficient (Wildman–Crippen LogP) is 2.96. The Morgan fingerprint density at radius 1 is 1.40 bits per heavy atom. The lowest BCUT2D eigenvalue weighted by molar-refractivity contribution is -0.126. The molecule has 0 heterocycles. The molecular weight excluding hydrogens is 234 g/mol. The van der Waals surface area contributed by atoms with Crippen LogP contribution in [0.3, 0.4) is 0 Å². The first-order valence-corrected chi connectivity index (χ1v) is 5.90. The number of benzene rings is 1. The largest absolute Gasteiger partial charge is 0.289 e. The Kier molecular flexibility index (Phi) is 8.18. The molecule has 0 saturated heterocycles. The van der Waals surface area contributed by atoms with Gasteiger partial charge in [0, 0.05) is 9.92 Å². The molecule has 3 nitrogen and oxygen atoms in total. The molecule has 0 bridgehead atoms. The van der Waals surface area contributed by atoms with Crippen molar-refractivity contribution in [1.82, 2.24) is 5.48 Å². The van der Waals surface area contributed by atoms with Gasteiger partial charge in [0.15, 0.2) is 0 Å². The fourth-order valence-corrected chi connectivity index (χ4v) is 1.53. The zero-order valence-electron chi connectivity index (χ0n) is 8.66. The number of hydrogen-bond donors (Lipinski definition) is 2. The molecule has 0 radical (unpaired) electrons. The van der Waals surface area contributed by atoms with Crippen LogP contribution in [0.1, 0.15) is 13.8 Å². The number of amides is 1. The van der Waals surface area contributed by atoms with Crippen LogP contribution in [0.4, 0.5) is 0 Å². The second-order valence-electron chi connectivity index (χ2n) is 2.28. The van der Waals surface area contributed by atoms with E-state index in [0.29, 0.717) is 5.02 Å². The Labute approximate surface area is 98.8 Å². The third-order valence-corrected chi connectivity index (χ3v) is 2.57. The first kappa shape index (κ1) is 14.3. The standard InChI is InChI=1S/C8H8ClNO2S.C2H6/c9-6-1-3-7(4-2-6)13-5-8(11)10-12;1-2/h1-4,12H,5H2,(H,10,11);1-2H3. The van der Waals surface area contributed by atoms with Crippen LogP contribution < -0.4 is 5.48 Å². The minimum absolute atomic E-state index is 0.193.